The van der Waals surface area contributed by atoms with Crippen molar-refractivity contribution in [2.24, 2.45) is 0 Å². The van der Waals surface area contributed by atoms with Gasteiger partial charge in [0.2, 0.25) is 0 Å². The van der Waals surface area contributed by atoms with Crippen LogP contribution in [0.4, 0.5) is 0 Å². The molecule has 0 aliphatic rings. The smallest absolute Gasteiger partial charge is 0.358 e. The van der Waals surface area contributed by atoms with Gasteiger partial charge in [-0.2, -0.15) is 9.82 Å². The third-order valence-electron chi connectivity index (χ3n) is 2.33. The molecule has 0 bridgehead atoms. The van der Waals surface area contributed by atoms with Gasteiger partial charge in [0.05, 0.1) is 18.7 Å². The van der Waals surface area contributed by atoms with Crippen molar-refractivity contribution in [3.05, 3.63) is 23.4 Å². The highest BCUT2D eigenvalue weighted by Crippen LogP contribution is 2.22. The van der Waals surface area contributed by atoms with Gasteiger partial charge in [-0.25, -0.2) is 23.2 Å². The molecule has 0 saturated heterocycles. The lowest BCUT2D eigenvalue weighted by Gasteiger charge is -2.10. The Labute approximate surface area is 118 Å². The molecule has 9 nitrogen and oxygen atoms in total. The second kappa shape index (κ2) is 5.64. The number of thiazole rings is 1. The van der Waals surface area contributed by atoms with Crippen LogP contribution < -0.4 is 4.72 Å². The number of ether oxygens (including phenoxy) is 1. The number of hydrogen-bond acceptors (Lipinski definition) is 8. The van der Waals surface area contributed by atoms with Crippen molar-refractivity contribution >= 4 is 27.3 Å². The van der Waals surface area contributed by atoms with Crippen LogP contribution in [0.15, 0.2) is 16.0 Å². The number of hydrogen-bond donors (Lipinski definition) is 2. The van der Waals surface area contributed by atoms with E-state index in [1.807, 2.05) is 0 Å². The lowest BCUT2D eigenvalue weighted by atomic mass is 10.3. The molecule has 2 N–H and O–H groups in total. The summed E-state index contributed by atoms with van der Waals surface area (Å²) >= 11 is 0.831. The Morgan fingerprint density at radius 2 is 2.25 bits per heavy atom. The Morgan fingerprint density at radius 1 is 1.50 bits per heavy atom. The topological polar surface area (TPSA) is 127 Å². The Balaban J connectivity index is 2.27. The summed E-state index contributed by atoms with van der Waals surface area (Å²) in [4.78, 5) is 19.0. The number of aromatic nitrogens is 4. The fourth-order valence-corrected chi connectivity index (χ4v) is 3.78. The van der Waals surface area contributed by atoms with Gasteiger partial charge in [-0.3, -0.25) is 5.10 Å². The molecule has 0 aliphatic carbocycles. The van der Waals surface area contributed by atoms with Crippen molar-refractivity contribution in [3.8, 4) is 0 Å². The first-order valence-corrected chi connectivity index (χ1v) is 7.71. The van der Waals surface area contributed by atoms with Crippen LogP contribution in [0.1, 0.15) is 29.3 Å². The zero-order valence-electron chi connectivity index (χ0n) is 10.5. The monoisotopic (exact) mass is 317 g/mol. The zero-order valence-corrected chi connectivity index (χ0v) is 12.2. The summed E-state index contributed by atoms with van der Waals surface area (Å²) in [5.41, 5.74) is 1.02. The van der Waals surface area contributed by atoms with Gasteiger partial charge in [0.25, 0.3) is 10.0 Å². The van der Waals surface area contributed by atoms with Gasteiger partial charge in [0, 0.05) is 0 Å². The van der Waals surface area contributed by atoms with Gasteiger partial charge in [0.1, 0.15) is 12.2 Å². The second-order valence-electron chi connectivity index (χ2n) is 3.69. The van der Waals surface area contributed by atoms with Crippen LogP contribution in [0, 0.1) is 0 Å². The maximum absolute atomic E-state index is 12.2. The van der Waals surface area contributed by atoms with E-state index < -0.39 is 22.0 Å². The zero-order chi connectivity index (χ0) is 14.8. The van der Waals surface area contributed by atoms with Gasteiger partial charge in [0.15, 0.2) is 9.90 Å². The van der Waals surface area contributed by atoms with Gasteiger partial charge in [-0.05, 0) is 6.92 Å². The molecule has 0 aromatic carbocycles. The Hall–Kier alpha value is -1.85. The number of sulfonamides is 1. The van der Waals surface area contributed by atoms with E-state index in [1.165, 1.54) is 11.8 Å². The maximum Gasteiger partial charge on any atom is 0.358 e. The normalized spacial score (nSPS) is 13.1. The molecule has 1 atom stereocenters. The average Bonchev–Trinajstić information content (AvgIpc) is 3.08. The molecule has 0 radical (unpaired) electrons. The number of rotatable bonds is 5. The van der Waals surface area contributed by atoms with Gasteiger partial charge in [-0.1, -0.05) is 0 Å². The van der Waals surface area contributed by atoms with E-state index in [0.29, 0.717) is 5.82 Å². The molecular weight excluding hydrogens is 306 g/mol. The summed E-state index contributed by atoms with van der Waals surface area (Å²) in [5, 5.41) is 6.20. The molecule has 2 heterocycles. The number of H-pyrrole nitrogens is 1. The summed E-state index contributed by atoms with van der Waals surface area (Å²) in [6.45, 7) is 1.59. The number of esters is 1. The molecule has 2 aromatic heterocycles. The van der Waals surface area contributed by atoms with E-state index in [0.717, 1.165) is 18.4 Å². The quantitative estimate of drug-likeness (QED) is 0.748. The number of methoxy groups -OCH3 is 1. The summed E-state index contributed by atoms with van der Waals surface area (Å²) < 4.78 is 31.1. The Morgan fingerprint density at radius 3 is 2.85 bits per heavy atom. The summed E-state index contributed by atoms with van der Waals surface area (Å²) in [7, 11) is -2.76. The highest BCUT2D eigenvalue weighted by Gasteiger charge is 2.28. The van der Waals surface area contributed by atoms with Crippen LogP contribution in [0.25, 0.3) is 0 Å². The minimum absolute atomic E-state index is 0.198. The number of nitrogens with one attached hydrogen (secondary N) is 2. The SMILES string of the molecule is COC(=O)c1ncsc1S(=O)(=O)NC(C)c1ncn[nH]1. The fourth-order valence-electron chi connectivity index (χ4n) is 1.42. The van der Waals surface area contributed by atoms with Crippen molar-refractivity contribution < 1.29 is 17.9 Å². The molecule has 0 fully saturated rings. The van der Waals surface area contributed by atoms with Crippen molar-refractivity contribution in [1.29, 1.82) is 0 Å². The Kier molecular flexibility index (Phi) is 4.11. The molecule has 20 heavy (non-hydrogen) atoms. The van der Waals surface area contributed by atoms with Crippen LogP contribution in [-0.2, 0) is 14.8 Å². The van der Waals surface area contributed by atoms with E-state index in [-0.39, 0.29) is 9.90 Å². The Bertz CT molecular complexity index is 694. The van der Waals surface area contributed by atoms with Gasteiger partial charge >= 0.3 is 5.97 Å². The number of carbonyl (C=O) groups is 1. The number of carbonyl (C=O) groups excluding carboxylic acids is 1. The lowest BCUT2D eigenvalue weighted by molar-refractivity contribution is 0.0590. The third-order valence-corrected chi connectivity index (χ3v) is 5.24. The molecule has 0 saturated carbocycles. The molecule has 1 unspecified atom stereocenters. The van der Waals surface area contributed by atoms with E-state index in [9.17, 15) is 13.2 Å². The lowest BCUT2D eigenvalue weighted by Crippen LogP contribution is -2.28. The predicted molar refractivity (Wildman–Crippen MR) is 68.6 cm³/mol. The van der Waals surface area contributed by atoms with Crippen LogP contribution in [0.5, 0.6) is 0 Å². The third kappa shape index (κ3) is 2.84. The van der Waals surface area contributed by atoms with Crippen LogP contribution in [0.2, 0.25) is 0 Å². The fraction of sp³-hybridized carbons (Fsp3) is 0.333. The van der Waals surface area contributed by atoms with E-state index >= 15 is 0 Å². The molecule has 0 aliphatic heterocycles. The van der Waals surface area contributed by atoms with E-state index in [2.05, 4.69) is 29.6 Å². The molecular formula is C9H11N5O4S2. The summed E-state index contributed by atoms with van der Waals surface area (Å²) in [6.07, 6.45) is 1.27. The van der Waals surface area contributed by atoms with Crippen molar-refractivity contribution in [3.63, 3.8) is 0 Å². The van der Waals surface area contributed by atoms with Crippen molar-refractivity contribution in [2.75, 3.05) is 7.11 Å². The summed E-state index contributed by atoms with van der Waals surface area (Å²) in [6, 6.07) is -0.630. The molecule has 2 rings (SSSR count). The largest absolute Gasteiger partial charge is 0.464 e. The maximum atomic E-state index is 12.2. The molecule has 11 heteroatoms. The van der Waals surface area contributed by atoms with E-state index in [1.54, 1.807) is 6.92 Å². The highest BCUT2D eigenvalue weighted by atomic mass is 32.2. The average molecular weight is 317 g/mol. The van der Waals surface area contributed by atoms with Crippen LogP contribution in [-0.4, -0.2) is 41.7 Å². The molecule has 0 spiro atoms. The second-order valence-corrected chi connectivity index (χ2v) is 6.46. The summed E-state index contributed by atoms with van der Waals surface area (Å²) in [5.74, 6) is -0.448. The number of nitrogens with zero attached hydrogens (tertiary/aromatic N) is 3. The van der Waals surface area contributed by atoms with Crippen LogP contribution >= 0.6 is 11.3 Å². The molecule has 108 valence electrons. The predicted octanol–water partition coefficient (Wildman–Crippen LogP) is 0.0873. The minimum atomic E-state index is -3.91. The van der Waals surface area contributed by atoms with Crippen molar-refractivity contribution in [2.45, 2.75) is 17.2 Å². The highest BCUT2D eigenvalue weighted by molar-refractivity contribution is 7.91. The van der Waals surface area contributed by atoms with Crippen LogP contribution in [0.3, 0.4) is 0 Å². The first-order valence-electron chi connectivity index (χ1n) is 5.35. The first kappa shape index (κ1) is 14.6. The minimum Gasteiger partial charge on any atom is -0.464 e. The van der Waals surface area contributed by atoms with E-state index in [4.69, 9.17) is 0 Å². The van der Waals surface area contributed by atoms with Gasteiger partial charge in [-0.15, -0.1) is 11.3 Å². The number of aromatic amines is 1. The first-order chi connectivity index (χ1) is 9.45. The molecule has 0 amide bonds. The van der Waals surface area contributed by atoms with Crippen molar-refractivity contribution in [1.82, 2.24) is 24.9 Å². The van der Waals surface area contributed by atoms with Gasteiger partial charge < -0.3 is 4.74 Å². The standard InChI is InChI=1S/C9H11N5O4S2/c1-5(7-10-3-12-13-7)14-20(16,17)9-6(8(15)18-2)11-4-19-9/h3-5,14H,1-2H3,(H,10,12,13). The molecule has 2 aromatic rings.